The van der Waals surface area contributed by atoms with Crippen molar-refractivity contribution in [3.8, 4) is 5.75 Å². The second kappa shape index (κ2) is 7.29. The predicted molar refractivity (Wildman–Crippen MR) is 108 cm³/mol. The van der Waals surface area contributed by atoms with E-state index in [1.54, 1.807) is 13.2 Å². The molecule has 138 valence electrons. The summed E-state index contributed by atoms with van der Waals surface area (Å²) in [6.45, 7) is 9.62. The molecule has 1 atom stereocenters. The molecule has 1 fully saturated rings. The lowest BCUT2D eigenvalue weighted by Crippen LogP contribution is -2.44. The maximum absolute atomic E-state index is 7.21. The molecule has 1 aliphatic heterocycles. The topological polar surface area (TPSA) is 60.7 Å². The summed E-state index contributed by atoms with van der Waals surface area (Å²) in [5.41, 5.74) is 9.87. The van der Waals surface area contributed by atoms with Gasteiger partial charge < -0.3 is 19.9 Å². The van der Waals surface area contributed by atoms with Crippen molar-refractivity contribution in [2.24, 2.45) is 5.73 Å². The van der Waals surface area contributed by atoms with Gasteiger partial charge in [-0.25, -0.2) is 9.83 Å². The lowest BCUT2D eigenvalue weighted by molar-refractivity contribution is 0.408. The molecular weight excluding hydrogens is 338 g/mol. The molecule has 2 N–H and O–H groups in total. The van der Waals surface area contributed by atoms with Gasteiger partial charge in [0, 0.05) is 24.7 Å². The molecule has 2 heterocycles. The Bertz CT molecular complexity index is 1000. The highest BCUT2D eigenvalue weighted by Crippen LogP contribution is 2.30. The third kappa shape index (κ3) is 3.34. The first kappa shape index (κ1) is 17.4. The minimum absolute atomic E-state index is 0.180. The summed E-state index contributed by atoms with van der Waals surface area (Å²) < 4.78 is 7.77. The molecule has 27 heavy (non-hydrogen) atoms. The van der Waals surface area contributed by atoms with Crippen LogP contribution in [0.5, 0.6) is 5.75 Å². The van der Waals surface area contributed by atoms with Crippen LogP contribution in [0.2, 0.25) is 0 Å². The van der Waals surface area contributed by atoms with Crippen LogP contribution in [0.25, 0.3) is 15.9 Å². The molecule has 0 spiro atoms. The zero-order valence-corrected chi connectivity index (χ0v) is 15.4. The smallest absolute Gasteiger partial charge is 0.206 e. The van der Waals surface area contributed by atoms with Gasteiger partial charge in [0.15, 0.2) is 5.69 Å². The molecule has 0 unspecified atom stereocenters. The molecule has 3 aromatic rings. The summed E-state index contributed by atoms with van der Waals surface area (Å²) in [4.78, 5) is 10.7. The van der Waals surface area contributed by atoms with E-state index in [9.17, 15) is 0 Å². The number of benzene rings is 2. The number of methoxy groups -OCH3 is 1. The normalized spacial score (nSPS) is 17.1. The number of rotatable bonds is 4. The third-order valence-electron chi connectivity index (χ3n) is 5.10. The van der Waals surface area contributed by atoms with Gasteiger partial charge in [-0.15, -0.1) is 0 Å². The van der Waals surface area contributed by atoms with E-state index in [-0.39, 0.29) is 6.04 Å². The van der Waals surface area contributed by atoms with E-state index >= 15 is 0 Å². The maximum Gasteiger partial charge on any atom is 0.206 e. The van der Waals surface area contributed by atoms with Gasteiger partial charge in [-0.05, 0) is 31.0 Å². The van der Waals surface area contributed by atoms with E-state index in [2.05, 4.69) is 20.4 Å². The van der Waals surface area contributed by atoms with Crippen molar-refractivity contribution in [3.05, 3.63) is 59.4 Å². The number of para-hydroxylation sites is 2. The summed E-state index contributed by atoms with van der Waals surface area (Å²) in [6.07, 6.45) is 2.13. The van der Waals surface area contributed by atoms with Gasteiger partial charge in [0.2, 0.25) is 5.95 Å². The Morgan fingerprint density at radius 2 is 2.15 bits per heavy atom. The number of imidazole rings is 1. The summed E-state index contributed by atoms with van der Waals surface area (Å²) >= 11 is 0. The van der Waals surface area contributed by atoms with Crippen LogP contribution >= 0.6 is 0 Å². The number of hydrogen-bond acceptors (Lipinski definition) is 4. The number of nitrogens with two attached hydrogens (primary N) is 1. The molecule has 1 aliphatic rings. The first-order chi connectivity index (χ1) is 13.2. The minimum Gasteiger partial charge on any atom is -0.498 e. The van der Waals surface area contributed by atoms with E-state index in [4.69, 9.17) is 22.0 Å². The van der Waals surface area contributed by atoms with Crippen molar-refractivity contribution in [3.63, 3.8) is 0 Å². The molecule has 1 saturated heterocycles. The number of piperidine rings is 1. The van der Waals surface area contributed by atoms with E-state index in [0.717, 1.165) is 54.2 Å². The molecular formula is C21H23N5O. The number of hydrogen-bond donors (Lipinski definition) is 1. The van der Waals surface area contributed by atoms with E-state index in [1.165, 1.54) is 0 Å². The Balaban J connectivity index is 1.79. The predicted octanol–water partition coefficient (Wildman–Crippen LogP) is 3.57. The van der Waals surface area contributed by atoms with Crippen LogP contribution in [0, 0.1) is 6.57 Å². The van der Waals surface area contributed by atoms with Crippen molar-refractivity contribution < 1.29 is 4.74 Å². The zero-order valence-electron chi connectivity index (χ0n) is 15.4. The second-order valence-electron chi connectivity index (χ2n) is 6.94. The van der Waals surface area contributed by atoms with Crippen LogP contribution in [0.4, 0.5) is 11.6 Å². The van der Waals surface area contributed by atoms with E-state index < -0.39 is 0 Å². The third-order valence-corrected chi connectivity index (χ3v) is 5.10. The van der Waals surface area contributed by atoms with E-state index in [0.29, 0.717) is 12.2 Å². The first-order valence-corrected chi connectivity index (χ1v) is 9.20. The summed E-state index contributed by atoms with van der Waals surface area (Å²) in [5.74, 6) is 1.67. The van der Waals surface area contributed by atoms with Gasteiger partial charge in [0.05, 0.1) is 31.3 Å². The van der Waals surface area contributed by atoms with Gasteiger partial charge >= 0.3 is 0 Å². The average Bonchev–Trinajstić information content (AvgIpc) is 3.07. The average molecular weight is 361 g/mol. The molecule has 0 aliphatic carbocycles. The molecule has 0 saturated carbocycles. The monoisotopic (exact) mass is 361 g/mol. The fraction of sp³-hybridized carbons (Fsp3) is 0.333. The molecule has 0 bridgehead atoms. The van der Waals surface area contributed by atoms with Gasteiger partial charge in [0.25, 0.3) is 0 Å². The quantitative estimate of drug-likeness (QED) is 0.722. The fourth-order valence-electron chi connectivity index (χ4n) is 3.76. The minimum atomic E-state index is 0.180. The van der Waals surface area contributed by atoms with Crippen LogP contribution in [0.15, 0.2) is 42.5 Å². The second-order valence-corrected chi connectivity index (χ2v) is 6.94. The number of aromatic nitrogens is 2. The van der Waals surface area contributed by atoms with Crippen LogP contribution in [0.1, 0.15) is 18.4 Å². The number of ether oxygens (including phenoxy) is 1. The van der Waals surface area contributed by atoms with Gasteiger partial charge in [-0.3, -0.25) is 0 Å². The molecule has 0 amide bonds. The molecule has 4 rings (SSSR count). The Morgan fingerprint density at radius 1 is 1.30 bits per heavy atom. The number of fused-ring (bicyclic) bond motifs is 1. The molecule has 1 aromatic heterocycles. The summed E-state index contributed by atoms with van der Waals surface area (Å²) in [5, 5.41) is 0. The highest BCUT2D eigenvalue weighted by atomic mass is 16.5. The highest BCUT2D eigenvalue weighted by molar-refractivity contribution is 5.79. The van der Waals surface area contributed by atoms with Crippen molar-refractivity contribution in [2.45, 2.75) is 25.4 Å². The zero-order chi connectivity index (χ0) is 18.8. The molecule has 6 heteroatoms. The Hall–Kier alpha value is -3.04. The van der Waals surface area contributed by atoms with Crippen molar-refractivity contribution in [1.82, 2.24) is 9.55 Å². The first-order valence-electron chi connectivity index (χ1n) is 9.20. The molecule has 2 aromatic carbocycles. The van der Waals surface area contributed by atoms with Gasteiger partial charge in [0.1, 0.15) is 5.75 Å². The standard InChI is InChI=1S/C21H23N5O/c1-23-17-10-9-15(20(12-17)27-2)13-26-19-8-4-3-7-18(19)24-21(26)25-11-5-6-16(22)14-25/h3-4,7-10,12,16H,5-6,11,13-14,22H2,2H3/t16-/m1/s1. The van der Waals surface area contributed by atoms with Crippen LogP contribution in [-0.4, -0.2) is 35.8 Å². The molecule has 6 nitrogen and oxygen atoms in total. The fourth-order valence-corrected chi connectivity index (χ4v) is 3.76. The lowest BCUT2D eigenvalue weighted by Gasteiger charge is -2.32. The van der Waals surface area contributed by atoms with Crippen molar-refractivity contribution >= 4 is 22.7 Å². The van der Waals surface area contributed by atoms with Gasteiger partial charge in [-0.1, -0.05) is 24.3 Å². The van der Waals surface area contributed by atoms with Crippen LogP contribution < -0.4 is 15.4 Å². The SMILES string of the molecule is [C-]#[N+]c1ccc(Cn2c(N3CCC[C@@H](N)C3)nc3ccccc32)c(OC)c1. The van der Waals surface area contributed by atoms with Crippen LogP contribution in [-0.2, 0) is 6.54 Å². The molecule has 0 radical (unpaired) electrons. The number of anilines is 1. The van der Waals surface area contributed by atoms with Gasteiger partial charge in [-0.2, -0.15) is 0 Å². The Labute approximate surface area is 159 Å². The van der Waals surface area contributed by atoms with Crippen molar-refractivity contribution in [2.75, 3.05) is 25.1 Å². The lowest BCUT2D eigenvalue weighted by atomic mass is 10.1. The summed E-state index contributed by atoms with van der Waals surface area (Å²) in [7, 11) is 1.64. The largest absolute Gasteiger partial charge is 0.498 e. The summed E-state index contributed by atoms with van der Waals surface area (Å²) in [6, 6.07) is 13.9. The Kier molecular flexibility index (Phi) is 4.69. The maximum atomic E-state index is 7.21. The highest BCUT2D eigenvalue weighted by Gasteiger charge is 2.23. The van der Waals surface area contributed by atoms with Crippen molar-refractivity contribution in [1.29, 1.82) is 0 Å². The Morgan fingerprint density at radius 3 is 2.93 bits per heavy atom. The van der Waals surface area contributed by atoms with Crippen LogP contribution in [0.3, 0.4) is 0 Å². The number of nitrogens with zero attached hydrogens (tertiary/aromatic N) is 4. The van der Waals surface area contributed by atoms with E-state index in [1.807, 2.05) is 30.3 Å².